The van der Waals surface area contributed by atoms with Crippen molar-refractivity contribution >= 4 is 30.8 Å². The Morgan fingerprint density at radius 2 is 1.83 bits per heavy atom. The number of benzene rings is 2. The van der Waals surface area contributed by atoms with Gasteiger partial charge in [0.15, 0.2) is 9.84 Å². The van der Waals surface area contributed by atoms with Crippen molar-refractivity contribution in [3.8, 4) is 5.75 Å². The lowest BCUT2D eigenvalue weighted by atomic mass is 9.88. The van der Waals surface area contributed by atoms with Crippen LogP contribution in [-0.2, 0) is 24.6 Å². The van der Waals surface area contributed by atoms with Gasteiger partial charge >= 0.3 is 0 Å². The standard InChI is InChI=1S/C30H37N3O7S2/c34-24(21-39-25-6-3-9-27(16-25)41(35,36)26-7-4-8-26)18-31-23-17-30(40-20-23)11-13-33(14-12-30)42(37,38)28-15-22-5-1-2-10-29(22)32-19-28/h1-3,5-6,9-10,15-16,19,23-24,26,31,34H,4,7-8,11-14,17-18,20-21H2/t23-,24+/m1/s1. The van der Waals surface area contributed by atoms with Crippen molar-refractivity contribution in [3.05, 3.63) is 60.8 Å². The Kier molecular flexibility index (Phi) is 8.29. The highest BCUT2D eigenvalue weighted by Gasteiger charge is 2.44. The quantitative estimate of drug-likeness (QED) is 0.353. The molecular weight excluding hydrogens is 578 g/mol. The first-order valence-corrected chi connectivity index (χ1v) is 17.5. The highest BCUT2D eigenvalue weighted by Crippen LogP contribution is 2.37. The number of aliphatic hydroxyl groups excluding tert-OH is 1. The second-order valence-corrected chi connectivity index (χ2v) is 15.8. The number of hydrogen-bond acceptors (Lipinski definition) is 9. The van der Waals surface area contributed by atoms with Crippen molar-refractivity contribution in [2.45, 2.75) is 71.3 Å². The van der Waals surface area contributed by atoms with E-state index in [-0.39, 0.29) is 33.3 Å². The molecule has 1 saturated carbocycles. The van der Waals surface area contributed by atoms with E-state index in [1.165, 1.54) is 16.6 Å². The molecule has 0 unspecified atom stereocenters. The molecule has 2 N–H and O–H groups in total. The lowest BCUT2D eigenvalue weighted by molar-refractivity contribution is -0.0312. The zero-order chi connectivity index (χ0) is 29.4. The molecule has 12 heteroatoms. The van der Waals surface area contributed by atoms with Gasteiger partial charge in [-0.15, -0.1) is 0 Å². The van der Waals surface area contributed by atoms with Crippen LogP contribution in [0.25, 0.3) is 10.9 Å². The summed E-state index contributed by atoms with van der Waals surface area (Å²) in [6.07, 6.45) is 4.89. The van der Waals surface area contributed by atoms with Crippen LogP contribution < -0.4 is 10.1 Å². The Bertz CT molecular complexity index is 1640. The van der Waals surface area contributed by atoms with Crippen LogP contribution in [0.15, 0.2) is 70.6 Å². The number of rotatable bonds is 10. The number of sulfone groups is 1. The van der Waals surface area contributed by atoms with Crippen molar-refractivity contribution < 1.29 is 31.4 Å². The smallest absolute Gasteiger partial charge is 0.244 e. The monoisotopic (exact) mass is 615 g/mol. The summed E-state index contributed by atoms with van der Waals surface area (Å²) in [5.41, 5.74) is 0.367. The molecule has 2 atom stereocenters. The predicted octanol–water partition coefficient (Wildman–Crippen LogP) is 2.90. The first-order chi connectivity index (χ1) is 20.1. The molecule has 1 aromatic heterocycles. The number of ether oxygens (including phenoxy) is 2. The molecular formula is C30H37N3O7S2. The number of hydrogen-bond donors (Lipinski definition) is 2. The average molecular weight is 616 g/mol. The van der Waals surface area contributed by atoms with Gasteiger partial charge < -0.3 is 19.9 Å². The number of aliphatic hydroxyl groups is 1. The minimum absolute atomic E-state index is 0.0229. The van der Waals surface area contributed by atoms with Gasteiger partial charge in [-0.25, -0.2) is 16.8 Å². The molecule has 3 heterocycles. The van der Waals surface area contributed by atoms with Gasteiger partial charge in [-0.05, 0) is 62.4 Å². The number of para-hydroxylation sites is 1. The fourth-order valence-electron chi connectivity index (χ4n) is 5.97. The van der Waals surface area contributed by atoms with Crippen molar-refractivity contribution in [2.75, 3.05) is 32.8 Å². The molecule has 1 spiro atoms. The van der Waals surface area contributed by atoms with E-state index in [9.17, 15) is 21.9 Å². The van der Waals surface area contributed by atoms with Crippen LogP contribution in [0.3, 0.4) is 0 Å². The van der Waals surface area contributed by atoms with Crippen LogP contribution in [0.4, 0.5) is 0 Å². The average Bonchev–Trinajstić information content (AvgIpc) is 3.36. The summed E-state index contributed by atoms with van der Waals surface area (Å²) in [5.74, 6) is 0.416. The lowest BCUT2D eigenvalue weighted by Gasteiger charge is -2.38. The zero-order valence-electron chi connectivity index (χ0n) is 23.4. The summed E-state index contributed by atoms with van der Waals surface area (Å²) in [7, 11) is -7.00. The number of piperidine rings is 1. The Labute approximate surface area is 247 Å². The number of nitrogens with zero attached hydrogens (tertiary/aromatic N) is 2. The van der Waals surface area contributed by atoms with Crippen molar-refractivity contribution in [1.29, 1.82) is 0 Å². The molecule has 2 aliphatic heterocycles. The molecule has 42 heavy (non-hydrogen) atoms. The van der Waals surface area contributed by atoms with Crippen molar-refractivity contribution in [3.63, 3.8) is 0 Å². The van der Waals surface area contributed by atoms with E-state index < -0.39 is 26.0 Å². The Morgan fingerprint density at radius 1 is 1.05 bits per heavy atom. The van der Waals surface area contributed by atoms with Gasteiger partial charge in [0.2, 0.25) is 10.0 Å². The molecule has 10 nitrogen and oxygen atoms in total. The number of fused-ring (bicyclic) bond motifs is 1. The molecule has 6 rings (SSSR count). The van der Waals surface area contributed by atoms with E-state index >= 15 is 0 Å². The summed E-state index contributed by atoms with van der Waals surface area (Å²) >= 11 is 0. The second kappa shape index (κ2) is 11.8. The minimum atomic E-state index is -3.66. The van der Waals surface area contributed by atoms with Crippen LogP contribution >= 0.6 is 0 Å². The summed E-state index contributed by atoms with van der Waals surface area (Å²) < 4.78 is 65.4. The maximum absolute atomic E-state index is 13.3. The molecule has 1 aliphatic carbocycles. The van der Waals surface area contributed by atoms with Crippen LogP contribution in [0.5, 0.6) is 5.75 Å². The minimum Gasteiger partial charge on any atom is -0.491 e. The maximum Gasteiger partial charge on any atom is 0.244 e. The molecule has 226 valence electrons. The second-order valence-electron chi connectivity index (χ2n) is 11.6. The SMILES string of the molecule is O=S(=O)(c1cccc(OC[C@@H](O)CN[C@H]2COC3(CCN(S(=O)(=O)c4cnc5ccccc5c4)CC3)C2)c1)C1CCC1. The number of nitrogens with one attached hydrogen (secondary N) is 1. The van der Waals surface area contributed by atoms with Gasteiger partial charge in [0.05, 0.1) is 27.9 Å². The van der Waals surface area contributed by atoms with Crippen LogP contribution in [0, 0.1) is 0 Å². The van der Waals surface area contributed by atoms with Gasteiger partial charge in [0.1, 0.15) is 23.4 Å². The maximum atomic E-state index is 13.3. The molecule has 3 aromatic rings. The molecule has 0 amide bonds. The van der Waals surface area contributed by atoms with E-state index in [2.05, 4.69) is 10.3 Å². The van der Waals surface area contributed by atoms with E-state index in [1.807, 2.05) is 24.3 Å². The molecule has 0 radical (unpaired) electrons. The summed E-state index contributed by atoms with van der Waals surface area (Å²) in [5, 5.41) is 14.3. The number of aromatic nitrogens is 1. The fraction of sp³-hybridized carbons (Fsp3) is 0.500. The van der Waals surface area contributed by atoms with Gasteiger partial charge in [-0.3, -0.25) is 4.98 Å². The summed E-state index contributed by atoms with van der Waals surface area (Å²) in [4.78, 5) is 4.78. The van der Waals surface area contributed by atoms with Gasteiger partial charge in [0, 0.05) is 37.3 Å². The largest absolute Gasteiger partial charge is 0.491 e. The first-order valence-electron chi connectivity index (χ1n) is 14.5. The summed E-state index contributed by atoms with van der Waals surface area (Å²) in [6.45, 7) is 1.53. The van der Waals surface area contributed by atoms with E-state index in [0.29, 0.717) is 57.7 Å². The van der Waals surface area contributed by atoms with Gasteiger partial charge in [-0.1, -0.05) is 30.7 Å². The van der Waals surface area contributed by atoms with Crippen LogP contribution in [-0.4, -0.2) is 87.1 Å². The van der Waals surface area contributed by atoms with E-state index in [4.69, 9.17) is 9.47 Å². The van der Waals surface area contributed by atoms with Crippen molar-refractivity contribution in [2.24, 2.45) is 0 Å². The van der Waals surface area contributed by atoms with Crippen LogP contribution in [0.1, 0.15) is 38.5 Å². The Balaban J connectivity index is 0.967. The van der Waals surface area contributed by atoms with E-state index in [0.717, 1.165) is 23.7 Å². The first kappa shape index (κ1) is 29.5. The van der Waals surface area contributed by atoms with Gasteiger partial charge in [-0.2, -0.15) is 4.31 Å². The third kappa shape index (κ3) is 6.06. The number of pyridine rings is 1. The van der Waals surface area contributed by atoms with E-state index in [1.54, 1.807) is 24.3 Å². The van der Waals surface area contributed by atoms with Crippen LogP contribution in [0.2, 0.25) is 0 Å². The topological polar surface area (TPSA) is 135 Å². The molecule has 3 aliphatic rings. The molecule has 0 bridgehead atoms. The third-order valence-corrected chi connectivity index (χ3v) is 12.9. The lowest BCUT2D eigenvalue weighted by Crippen LogP contribution is -2.47. The summed E-state index contributed by atoms with van der Waals surface area (Å²) in [6, 6.07) is 15.6. The molecule has 2 aromatic carbocycles. The normalized spacial score (nSPS) is 22.3. The van der Waals surface area contributed by atoms with Crippen molar-refractivity contribution in [1.82, 2.24) is 14.6 Å². The highest BCUT2D eigenvalue weighted by atomic mass is 32.2. The highest BCUT2D eigenvalue weighted by molar-refractivity contribution is 7.92. The fourth-order valence-corrected chi connectivity index (χ4v) is 9.28. The zero-order valence-corrected chi connectivity index (χ0v) is 25.0. The molecule has 3 fully saturated rings. The predicted molar refractivity (Wildman–Crippen MR) is 158 cm³/mol. The Hall–Kier alpha value is -2.61. The third-order valence-electron chi connectivity index (χ3n) is 8.76. The number of sulfonamides is 1. The van der Waals surface area contributed by atoms with Gasteiger partial charge in [0.25, 0.3) is 0 Å². The molecule has 2 saturated heterocycles. The Morgan fingerprint density at radius 3 is 2.60 bits per heavy atom.